The molecule has 0 unspecified atom stereocenters. The first kappa shape index (κ1) is 42.2. The van der Waals surface area contributed by atoms with E-state index >= 15 is 0 Å². The van der Waals surface area contributed by atoms with Gasteiger partial charge in [0.2, 0.25) is 41.4 Å². The lowest BCUT2D eigenvalue weighted by Crippen LogP contribution is -2.55. The first-order valence-corrected chi connectivity index (χ1v) is 17.1. The number of carbonyl (C=O) groups excluding carboxylic acids is 7. The van der Waals surface area contributed by atoms with Gasteiger partial charge in [-0.3, -0.25) is 38.6 Å². The van der Waals surface area contributed by atoms with E-state index in [0.29, 0.717) is 32.1 Å². The Kier molecular flexibility index (Phi) is 17.0. The van der Waals surface area contributed by atoms with Crippen LogP contribution >= 0.6 is 0 Å². The van der Waals surface area contributed by atoms with Crippen LogP contribution in [-0.4, -0.2) is 138 Å². The van der Waals surface area contributed by atoms with Gasteiger partial charge in [0.05, 0.1) is 25.7 Å². The van der Waals surface area contributed by atoms with E-state index in [9.17, 15) is 43.5 Å². The first-order chi connectivity index (χ1) is 24.0. The van der Waals surface area contributed by atoms with Crippen molar-refractivity contribution in [1.29, 1.82) is 0 Å². The van der Waals surface area contributed by atoms with E-state index in [4.69, 9.17) is 17.2 Å². The van der Waals surface area contributed by atoms with Gasteiger partial charge in [0.25, 0.3) is 0 Å². The number of rotatable bonds is 19. The van der Waals surface area contributed by atoms with Gasteiger partial charge in [0, 0.05) is 19.6 Å². The van der Waals surface area contributed by atoms with Crippen LogP contribution in [0.25, 0.3) is 0 Å². The highest BCUT2D eigenvalue weighted by atomic mass is 16.4. The second kappa shape index (κ2) is 20.6. The molecule has 2 rings (SSSR count). The summed E-state index contributed by atoms with van der Waals surface area (Å²) >= 11 is 0. The van der Waals surface area contributed by atoms with Crippen LogP contribution in [0, 0.1) is 5.92 Å². The molecule has 51 heavy (non-hydrogen) atoms. The number of likely N-dealkylation sites (tertiary alicyclic amines) is 2. The third kappa shape index (κ3) is 14.0. The zero-order valence-electron chi connectivity index (χ0n) is 29.4. The van der Waals surface area contributed by atoms with Gasteiger partial charge in [0.15, 0.2) is 5.96 Å². The van der Waals surface area contributed by atoms with Gasteiger partial charge in [0.1, 0.15) is 24.2 Å². The molecule has 2 aliphatic rings. The van der Waals surface area contributed by atoms with Crippen LogP contribution in [0.4, 0.5) is 0 Å². The lowest BCUT2D eigenvalue weighted by Gasteiger charge is -2.28. The van der Waals surface area contributed by atoms with Gasteiger partial charge in [-0.2, -0.15) is 0 Å². The smallest absolute Gasteiger partial charge is 0.326 e. The molecule has 286 valence electrons. The maximum Gasteiger partial charge on any atom is 0.326 e. The van der Waals surface area contributed by atoms with Crippen molar-refractivity contribution in [3.63, 3.8) is 0 Å². The number of aliphatic imine (C=N–C) groups is 1. The number of aliphatic carboxylic acids is 1. The average molecular weight is 724 g/mol. The number of carboxylic acids is 1. The number of hydrogen-bond acceptors (Lipinski definition) is 10. The second-order valence-corrected chi connectivity index (χ2v) is 13.0. The maximum absolute atomic E-state index is 13.2. The van der Waals surface area contributed by atoms with Gasteiger partial charge in [-0.15, -0.1) is 0 Å². The van der Waals surface area contributed by atoms with Gasteiger partial charge < -0.3 is 58.7 Å². The van der Waals surface area contributed by atoms with Crippen LogP contribution in [0.5, 0.6) is 0 Å². The van der Waals surface area contributed by atoms with E-state index in [2.05, 4.69) is 31.6 Å². The summed E-state index contributed by atoms with van der Waals surface area (Å²) < 4.78 is 0. The minimum absolute atomic E-state index is 0.00227. The molecular formula is C31H53N11O9. The largest absolute Gasteiger partial charge is 0.480 e. The molecule has 20 nitrogen and oxygen atoms in total. The lowest BCUT2D eigenvalue weighted by atomic mass is 10.0. The molecule has 7 amide bonds. The van der Waals surface area contributed by atoms with E-state index in [-0.39, 0.29) is 44.4 Å². The predicted molar refractivity (Wildman–Crippen MR) is 183 cm³/mol. The van der Waals surface area contributed by atoms with Crippen molar-refractivity contribution in [3.05, 3.63) is 0 Å². The van der Waals surface area contributed by atoms with Crippen LogP contribution < -0.4 is 43.8 Å². The van der Waals surface area contributed by atoms with Crippen molar-refractivity contribution >= 4 is 53.3 Å². The van der Waals surface area contributed by atoms with E-state index in [1.54, 1.807) is 0 Å². The number of carbonyl (C=O) groups is 8. The summed E-state index contributed by atoms with van der Waals surface area (Å²) in [6.45, 7) is 4.42. The lowest BCUT2D eigenvalue weighted by molar-refractivity contribution is -0.149. The number of amides is 7. The minimum Gasteiger partial charge on any atom is -0.480 e. The number of nitrogens with one attached hydrogen (secondary N) is 5. The molecular weight excluding hydrogens is 670 g/mol. The molecule has 0 aromatic heterocycles. The highest BCUT2D eigenvalue weighted by molar-refractivity contribution is 5.95. The Hall–Kier alpha value is -5.01. The summed E-state index contributed by atoms with van der Waals surface area (Å²) in [5.41, 5.74) is 16.2. The zero-order valence-corrected chi connectivity index (χ0v) is 29.4. The van der Waals surface area contributed by atoms with Gasteiger partial charge >= 0.3 is 5.97 Å². The Morgan fingerprint density at radius 2 is 1.35 bits per heavy atom. The highest BCUT2D eigenvalue weighted by Gasteiger charge is 2.38. The second-order valence-electron chi connectivity index (χ2n) is 13.0. The van der Waals surface area contributed by atoms with E-state index < -0.39 is 97.2 Å². The summed E-state index contributed by atoms with van der Waals surface area (Å²) in [6, 6.07) is -4.80. The predicted octanol–water partition coefficient (Wildman–Crippen LogP) is -4.18. The number of nitrogens with two attached hydrogens (primary N) is 3. The molecule has 2 heterocycles. The zero-order chi connectivity index (χ0) is 38.2. The van der Waals surface area contributed by atoms with Crippen LogP contribution in [0.1, 0.15) is 65.7 Å². The summed E-state index contributed by atoms with van der Waals surface area (Å²) in [6.07, 6.45) is 2.33. The van der Waals surface area contributed by atoms with Crippen molar-refractivity contribution < 1.29 is 43.5 Å². The third-order valence-electron chi connectivity index (χ3n) is 8.31. The molecule has 0 radical (unpaired) electrons. The van der Waals surface area contributed by atoms with Crippen LogP contribution in [0.3, 0.4) is 0 Å². The summed E-state index contributed by atoms with van der Waals surface area (Å²) in [7, 11) is 0. The third-order valence-corrected chi connectivity index (χ3v) is 8.31. The molecule has 0 saturated carbocycles. The van der Waals surface area contributed by atoms with Crippen LogP contribution in [-0.2, 0) is 38.4 Å². The van der Waals surface area contributed by atoms with E-state index in [1.807, 2.05) is 13.8 Å². The van der Waals surface area contributed by atoms with Crippen molar-refractivity contribution in [3.8, 4) is 0 Å². The minimum atomic E-state index is -1.11. The molecule has 2 saturated heterocycles. The molecule has 0 aliphatic carbocycles. The van der Waals surface area contributed by atoms with E-state index in [0.717, 1.165) is 0 Å². The Labute approximate surface area is 296 Å². The Morgan fingerprint density at radius 3 is 1.94 bits per heavy atom. The van der Waals surface area contributed by atoms with Gasteiger partial charge in [-0.25, -0.2) is 4.79 Å². The SMILES string of the molecule is CC(C)C[C@H](NC(=O)CNC(=O)[C@@H]1CCCN1C(=O)CNC(=O)[C@H](CCCN=C(N)N)NC(=O)CNC(=O)[C@H](C)N)C(=O)N1CCC[C@H]1C(=O)O. The molecule has 5 atom stereocenters. The average Bonchev–Trinajstić information content (AvgIpc) is 3.76. The summed E-state index contributed by atoms with van der Waals surface area (Å²) in [5.74, 6) is -5.48. The quantitative estimate of drug-likeness (QED) is 0.0348. The molecule has 2 fully saturated rings. The molecule has 0 aromatic rings. The Bertz CT molecular complexity index is 1320. The van der Waals surface area contributed by atoms with Crippen LogP contribution in [0.15, 0.2) is 4.99 Å². The molecule has 2 aliphatic heterocycles. The van der Waals surface area contributed by atoms with Crippen molar-refractivity contribution in [1.82, 2.24) is 36.4 Å². The van der Waals surface area contributed by atoms with Crippen molar-refractivity contribution in [2.45, 2.75) is 95.9 Å². The fraction of sp³-hybridized carbons (Fsp3) is 0.710. The fourth-order valence-corrected chi connectivity index (χ4v) is 5.78. The maximum atomic E-state index is 13.2. The van der Waals surface area contributed by atoms with Crippen molar-refractivity contribution in [2.24, 2.45) is 28.1 Å². The topological polar surface area (TPSA) is 314 Å². The summed E-state index contributed by atoms with van der Waals surface area (Å²) in [4.78, 5) is 107. The Balaban J connectivity index is 1.95. The number of guanidine groups is 1. The van der Waals surface area contributed by atoms with Gasteiger partial charge in [-0.05, 0) is 57.8 Å². The standard InChI is InChI=1S/C31H53N11O9/c1-17(2)13-20(29(49)42-12-6-9-22(42)30(50)51)40-24(44)15-37-28(48)21-8-5-11-41(21)25(45)16-38-27(47)19(7-4-10-35-31(33)34)39-23(43)14-36-26(46)18(3)32/h17-22H,4-16,32H2,1-3H3,(H,36,46)(H,37,48)(H,38,47)(H,39,43)(H,40,44)(H,50,51)(H4,33,34,35)/t18-,19-,20-,21-,22-/m0/s1. The summed E-state index contributed by atoms with van der Waals surface area (Å²) in [5, 5.41) is 21.9. The van der Waals surface area contributed by atoms with Crippen LogP contribution in [0.2, 0.25) is 0 Å². The Morgan fingerprint density at radius 1 is 0.784 bits per heavy atom. The van der Waals surface area contributed by atoms with Gasteiger partial charge in [-0.1, -0.05) is 13.8 Å². The molecule has 0 aromatic carbocycles. The first-order valence-electron chi connectivity index (χ1n) is 17.1. The molecule has 0 spiro atoms. The molecule has 20 heteroatoms. The van der Waals surface area contributed by atoms with Crippen molar-refractivity contribution in [2.75, 3.05) is 39.3 Å². The molecule has 12 N–H and O–H groups in total. The monoisotopic (exact) mass is 723 g/mol. The number of nitrogens with zero attached hydrogens (tertiary/aromatic N) is 3. The number of carboxylic acid groups (broad SMARTS) is 1. The number of hydrogen-bond donors (Lipinski definition) is 9. The molecule has 0 bridgehead atoms. The van der Waals surface area contributed by atoms with E-state index in [1.165, 1.54) is 16.7 Å². The fourth-order valence-electron chi connectivity index (χ4n) is 5.78. The highest BCUT2D eigenvalue weighted by Crippen LogP contribution is 2.21. The normalized spacial score (nSPS) is 18.6.